The summed E-state index contributed by atoms with van der Waals surface area (Å²) >= 11 is 3.05. The van der Waals surface area contributed by atoms with Crippen LogP contribution in [0.2, 0.25) is 0 Å². The van der Waals surface area contributed by atoms with Gasteiger partial charge in [-0.3, -0.25) is 14.5 Å². The molecule has 0 radical (unpaired) electrons. The van der Waals surface area contributed by atoms with Gasteiger partial charge in [0.1, 0.15) is 5.69 Å². The second-order valence-electron chi connectivity index (χ2n) is 2.90. The van der Waals surface area contributed by atoms with Crippen LogP contribution < -0.4 is 4.34 Å². The number of rotatable bonds is 5. The SMILES string of the molecule is [N-]=[N+]=Nc1cc(CCNBr)ccc1[N+](=O)[O-]. The molecule has 0 spiro atoms. The first-order valence-corrected chi connectivity index (χ1v) is 5.14. The molecular formula is C8H8BrN5O2. The molecule has 84 valence electrons. The molecule has 0 aliphatic heterocycles. The summed E-state index contributed by atoms with van der Waals surface area (Å²) in [4.78, 5) is 12.6. The molecule has 0 saturated heterocycles. The highest BCUT2D eigenvalue weighted by molar-refractivity contribution is 9.08. The molecule has 1 rings (SSSR count). The van der Waals surface area contributed by atoms with Crippen molar-refractivity contribution in [2.45, 2.75) is 6.42 Å². The zero-order chi connectivity index (χ0) is 12.0. The van der Waals surface area contributed by atoms with Crippen LogP contribution in [0.15, 0.2) is 23.3 Å². The van der Waals surface area contributed by atoms with Gasteiger partial charge in [-0.1, -0.05) is 11.2 Å². The Morgan fingerprint density at radius 3 is 2.94 bits per heavy atom. The van der Waals surface area contributed by atoms with Crippen LogP contribution in [-0.4, -0.2) is 11.5 Å². The van der Waals surface area contributed by atoms with Gasteiger partial charge in [0.2, 0.25) is 0 Å². The first-order chi connectivity index (χ1) is 7.69. The van der Waals surface area contributed by atoms with Crippen LogP contribution >= 0.6 is 16.1 Å². The Bertz CT molecular complexity index is 444. The summed E-state index contributed by atoms with van der Waals surface area (Å²) in [7, 11) is 0. The quantitative estimate of drug-likeness (QED) is 0.224. The maximum absolute atomic E-state index is 10.6. The van der Waals surface area contributed by atoms with Crippen molar-refractivity contribution in [2.75, 3.05) is 6.54 Å². The van der Waals surface area contributed by atoms with E-state index in [2.05, 4.69) is 30.5 Å². The third-order valence-electron chi connectivity index (χ3n) is 1.90. The predicted molar refractivity (Wildman–Crippen MR) is 62.5 cm³/mol. The topological polar surface area (TPSA) is 104 Å². The molecule has 0 unspecified atom stereocenters. The van der Waals surface area contributed by atoms with E-state index in [1.807, 2.05) is 0 Å². The Morgan fingerprint density at radius 2 is 2.38 bits per heavy atom. The van der Waals surface area contributed by atoms with Crippen molar-refractivity contribution < 1.29 is 4.92 Å². The standard InChI is InChI=1S/C8H8BrN5O2/c9-11-4-3-6-1-2-8(14(15)16)7(5-6)12-13-10/h1-2,5,11H,3-4H2. The molecule has 0 aliphatic rings. The molecule has 7 nitrogen and oxygen atoms in total. The van der Waals surface area contributed by atoms with E-state index in [0.717, 1.165) is 5.56 Å². The minimum Gasteiger partial charge on any atom is -0.258 e. The lowest BCUT2D eigenvalue weighted by atomic mass is 10.1. The Labute approximate surface area is 99.6 Å². The van der Waals surface area contributed by atoms with E-state index in [1.165, 1.54) is 12.1 Å². The molecule has 0 heterocycles. The fourth-order valence-electron chi connectivity index (χ4n) is 1.20. The number of nitrogens with zero attached hydrogens (tertiary/aromatic N) is 4. The monoisotopic (exact) mass is 285 g/mol. The summed E-state index contributed by atoms with van der Waals surface area (Å²) < 4.78 is 2.78. The highest BCUT2D eigenvalue weighted by Gasteiger charge is 2.12. The van der Waals surface area contributed by atoms with E-state index < -0.39 is 4.92 Å². The molecule has 8 heteroatoms. The third-order valence-corrected chi connectivity index (χ3v) is 2.29. The van der Waals surface area contributed by atoms with Crippen LogP contribution in [-0.2, 0) is 6.42 Å². The van der Waals surface area contributed by atoms with E-state index in [1.54, 1.807) is 6.07 Å². The molecule has 16 heavy (non-hydrogen) atoms. The van der Waals surface area contributed by atoms with Crippen molar-refractivity contribution in [2.24, 2.45) is 5.11 Å². The van der Waals surface area contributed by atoms with E-state index >= 15 is 0 Å². The second-order valence-corrected chi connectivity index (χ2v) is 3.46. The Morgan fingerprint density at radius 1 is 1.62 bits per heavy atom. The predicted octanol–water partition coefficient (Wildman–Crippen LogP) is 2.98. The van der Waals surface area contributed by atoms with Crippen LogP contribution in [0, 0.1) is 10.1 Å². The first kappa shape index (κ1) is 12.4. The molecule has 1 aromatic rings. The lowest BCUT2D eigenvalue weighted by Crippen LogP contribution is -2.03. The van der Waals surface area contributed by atoms with Crippen molar-refractivity contribution in [1.82, 2.24) is 4.34 Å². The van der Waals surface area contributed by atoms with Gasteiger partial charge in [-0.15, -0.1) is 0 Å². The van der Waals surface area contributed by atoms with E-state index in [-0.39, 0.29) is 11.4 Å². The molecule has 0 bridgehead atoms. The van der Waals surface area contributed by atoms with Crippen LogP contribution in [0.4, 0.5) is 11.4 Å². The van der Waals surface area contributed by atoms with Gasteiger partial charge in [-0.25, -0.2) is 0 Å². The fraction of sp³-hybridized carbons (Fsp3) is 0.250. The van der Waals surface area contributed by atoms with Gasteiger partial charge in [-0.2, -0.15) is 0 Å². The summed E-state index contributed by atoms with van der Waals surface area (Å²) in [6, 6.07) is 4.49. The number of nitro benzene ring substituents is 1. The second kappa shape index (κ2) is 6.06. The molecule has 0 saturated carbocycles. The fourth-order valence-corrected chi connectivity index (χ4v) is 1.40. The minimum atomic E-state index is -0.573. The number of hydrogen-bond acceptors (Lipinski definition) is 4. The zero-order valence-corrected chi connectivity index (χ0v) is 9.72. The van der Waals surface area contributed by atoms with Gasteiger partial charge in [0.25, 0.3) is 5.69 Å². The molecule has 0 fully saturated rings. The van der Waals surface area contributed by atoms with Crippen LogP contribution in [0.3, 0.4) is 0 Å². The smallest absolute Gasteiger partial charge is 0.258 e. The van der Waals surface area contributed by atoms with Crippen molar-refractivity contribution in [3.05, 3.63) is 44.3 Å². The summed E-state index contributed by atoms with van der Waals surface area (Å²) in [6.07, 6.45) is 0.678. The number of halogens is 1. The minimum absolute atomic E-state index is 0.0413. The van der Waals surface area contributed by atoms with Crippen molar-refractivity contribution in [3.8, 4) is 0 Å². The van der Waals surface area contributed by atoms with Gasteiger partial charge in [0.15, 0.2) is 0 Å². The summed E-state index contributed by atoms with van der Waals surface area (Å²) in [6.45, 7) is 0.674. The Balaban J connectivity index is 3.07. The largest absolute Gasteiger partial charge is 0.279 e. The zero-order valence-electron chi connectivity index (χ0n) is 8.13. The van der Waals surface area contributed by atoms with Crippen LogP contribution in [0.25, 0.3) is 10.4 Å². The number of nitrogens with one attached hydrogen (secondary N) is 1. The lowest BCUT2D eigenvalue weighted by Gasteiger charge is -2.02. The van der Waals surface area contributed by atoms with Gasteiger partial charge >= 0.3 is 0 Å². The average Bonchev–Trinajstić information content (AvgIpc) is 2.26. The van der Waals surface area contributed by atoms with Crippen molar-refractivity contribution >= 4 is 27.5 Å². The number of hydrogen-bond donors (Lipinski definition) is 1. The molecule has 0 atom stereocenters. The van der Waals surface area contributed by atoms with Crippen LogP contribution in [0.1, 0.15) is 5.56 Å². The summed E-state index contributed by atoms with van der Waals surface area (Å²) in [5, 5.41) is 13.9. The van der Waals surface area contributed by atoms with Gasteiger partial charge in [0.05, 0.1) is 4.92 Å². The molecule has 0 aliphatic carbocycles. The molecule has 0 aromatic heterocycles. The van der Waals surface area contributed by atoms with Crippen molar-refractivity contribution in [1.29, 1.82) is 0 Å². The summed E-state index contributed by atoms with van der Waals surface area (Å²) in [5.74, 6) is 0. The Kier molecular flexibility index (Phi) is 4.71. The Hall–Kier alpha value is -1.63. The molecule has 1 N–H and O–H groups in total. The molecule has 1 aromatic carbocycles. The number of azide groups is 1. The van der Waals surface area contributed by atoms with Gasteiger partial charge in [-0.05, 0) is 23.6 Å². The maximum atomic E-state index is 10.6. The van der Waals surface area contributed by atoms with Crippen molar-refractivity contribution in [3.63, 3.8) is 0 Å². The average molecular weight is 286 g/mol. The highest BCUT2D eigenvalue weighted by atomic mass is 79.9. The van der Waals surface area contributed by atoms with E-state index in [9.17, 15) is 10.1 Å². The van der Waals surface area contributed by atoms with E-state index in [0.29, 0.717) is 13.0 Å². The number of nitro groups is 1. The van der Waals surface area contributed by atoms with Crippen LogP contribution in [0.5, 0.6) is 0 Å². The first-order valence-electron chi connectivity index (χ1n) is 4.35. The highest BCUT2D eigenvalue weighted by Crippen LogP contribution is 2.28. The van der Waals surface area contributed by atoms with Gasteiger partial charge < -0.3 is 0 Å². The lowest BCUT2D eigenvalue weighted by molar-refractivity contribution is -0.384. The maximum Gasteiger partial charge on any atom is 0.279 e. The van der Waals surface area contributed by atoms with Gasteiger partial charge in [0, 0.05) is 33.7 Å². The number of benzene rings is 1. The third kappa shape index (κ3) is 3.20. The van der Waals surface area contributed by atoms with E-state index in [4.69, 9.17) is 5.53 Å². The summed E-state index contributed by atoms with van der Waals surface area (Å²) in [5.41, 5.74) is 9.02. The molecule has 0 amide bonds. The normalized spacial score (nSPS) is 9.56. The molecular weight excluding hydrogens is 278 g/mol.